The molecule has 22 heavy (non-hydrogen) atoms. The summed E-state index contributed by atoms with van der Waals surface area (Å²) < 4.78 is 6.79. The van der Waals surface area contributed by atoms with Crippen molar-refractivity contribution in [2.75, 3.05) is 6.61 Å². The van der Waals surface area contributed by atoms with Crippen molar-refractivity contribution in [3.05, 3.63) is 44.2 Å². The van der Waals surface area contributed by atoms with Gasteiger partial charge in [-0.3, -0.25) is 14.9 Å². The van der Waals surface area contributed by atoms with Gasteiger partial charge in [-0.2, -0.15) is 0 Å². The van der Waals surface area contributed by atoms with Gasteiger partial charge in [-0.25, -0.2) is 0 Å². The molecular weight excluding hydrogens is 284 g/mol. The zero-order valence-corrected chi connectivity index (χ0v) is 11.8. The van der Waals surface area contributed by atoms with E-state index in [1.54, 1.807) is 0 Å². The lowest BCUT2D eigenvalue weighted by Crippen LogP contribution is -2.23. The zero-order chi connectivity index (χ0) is 16.3. The number of aromatic nitrogens is 1. The van der Waals surface area contributed by atoms with Crippen LogP contribution in [0.2, 0.25) is 0 Å². The number of fused-ring (bicyclic) bond motifs is 1. The lowest BCUT2D eigenvalue weighted by Gasteiger charge is -2.14. The molecular formula is C16H12N2O4. The van der Waals surface area contributed by atoms with Crippen molar-refractivity contribution in [1.29, 1.82) is 0 Å². The van der Waals surface area contributed by atoms with Crippen molar-refractivity contribution in [1.82, 2.24) is 4.57 Å². The number of hydrogen-bond donors (Lipinski definition) is 0. The quantitative estimate of drug-likeness (QED) is 0.488. The molecule has 0 bridgehead atoms. The van der Waals surface area contributed by atoms with E-state index in [1.807, 2.05) is 0 Å². The Morgan fingerprint density at radius 1 is 1.36 bits per heavy atom. The molecule has 0 saturated carbocycles. The molecule has 6 heteroatoms. The molecule has 0 aliphatic heterocycles. The molecule has 2 aromatic rings. The van der Waals surface area contributed by atoms with Gasteiger partial charge in [0.05, 0.1) is 16.0 Å². The van der Waals surface area contributed by atoms with E-state index in [0.29, 0.717) is 16.5 Å². The molecule has 6 nitrogen and oxygen atoms in total. The van der Waals surface area contributed by atoms with Crippen LogP contribution in [0.5, 0.6) is 5.75 Å². The monoisotopic (exact) mass is 296 g/mol. The van der Waals surface area contributed by atoms with E-state index >= 15 is 0 Å². The standard InChI is InChI=1S/C16H12N2O4/c1-4-6-13-15(22-9-5-2)12-8-7-11(18(20)21)10-14(12)17(3)16(13)19/h1-2,7-8,10H,6,9H2,3H3. The third-order valence-corrected chi connectivity index (χ3v) is 3.21. The van der Waals surface area contributed by atoms with Gasteiger partial charge in [0, 0.05) is 31.0 Å². The molecule has 0 unspecified atom stereocenters. The maximum atomic E-state index is 12.4. The first-order valence-electron chi connectivity index (χ1n) is 6.31. The van der Waals surface area contributed by atoms with E-state index in [9.17, 15) is 14.9 Å². The Hall–Kier alpha value is -3.25. The fourth-order valence-corrected chi connectivity index (χ4v) is 2.21. The first-order chi connectivity index (χ1) is 10.5. The van der Waals surface area contributed by atoms with Crippen LogP contribution in [0, 0.1) is 34.8 Å². The summed E-state index contributed by atoms with van der Waals surface area (Å²) in [6.07, 6.45) is 10.6. The van der Waals surface area contributed by atoms with Gasteiger partial charge in [-0.15, -0.1) is 18.8 Å². The Balaban J connectivity index is 2.86. The summed E-state index contributed by atoms with van der Waals surface area (Å²) in [4.78, 5) is 22.8. The Kier molecular flexibility index (Phi) is 4.15. The van der Waals surface area contributed by atoms with Crippen LogP contribution in [0.1, 0.15) is 5.56 Å². The van der Waals surface area contributed by atoms with E-state index in [2.05, 4.69) is 11.8 Å². The molecule has 1 aromatic heterocycles. The molecule has 110 valence electrons. The highest BCUT2D eigenvalue weighted by molar-refractivity contribution is 5.88. The molecule has 0 aliphatic rings. The van der Waals surface area contributed by atoms with Crippen molar-refractivity contribution < 1.29 is 9.66 Å². The maximum Gasteiger partial charge on any atom is 0.271 e. The van der Waals surface area contributed by atoms with E-state index in [-0.39, 0.29) is 30.0 Å². The summed E-state index contributed by atoms with van der Waals surface area (Å²) in [6, 6.07) is 4.19. The van der Waals surface area contributed by atoms with E-state index in [4.69, 9.17) is 17.6 Å². The van der Waals surface area contributed by atoms with Crippen molar-refractivity contribution >= 4 is 16.6 Å². The summed E-state index contributed by atoms with van der Waals surface area (Å²) in [7, 11) is 1.53. The third-order valence-electron chi connectivity index (χ3n) is 3.21. The minimum atomic E-state index is -0.527. The van der Waals surface area contributed by atoms with Gasteiger partial charge in [0.25, 0.3) is 11.2 Å². The van der Waals surface area contributed by atoms with Gasteiger partial charge in [-0.05, 0) is 6.07 Å². The molecule has 1 aromatic carbocycles. The van der Waals surface area contributed by atoms with Crippen LogP contribution in [0.3, 0.4) is 0 Å². The van der Waals surface area contributed by atoms with Gasteiger partial charge in [0.15, 0.2) is 0 Å². The number of non-ortho nitro benzene ring substituents is 1. The summed E-state index contributed by atoms with van der Waals surface area (Å²) in [6.45, 7) is -0.0309. The number of ether oxygens (including phenoxy) is 1. The number of hydrogen-bond acceptors (Lipinski definition) is 4. The Morgan fingerprint density at radius 3 is 2.68 bits per heavy atom. The van der Waals surface area contributed by atoms with Gasteiger partial charge in [-0.1, -0.05) is 5.92 Å². The molecule has 1 heterocycles. The van der Waals surface area contributed by atoms with Crippen LogP contribution >= 0.6 is 0 Å². The van der Waals surface area contributed by atoms with E-state index in [1.165, 1.54) is 29.8 Å². The third kappa shape index (κ3) is 2.50. The number of nitrogens with zero attached hydrogens (tertiary/aromatic N) is 2. The van der Waals surface area contributed by atoms with E-state index < -0.39 is 4.92 Å². The highest BCUT2D eigenvalue weighted by Crippen LogP contribution is 2.30. The van der Waals surface area contributed by atoms with Gasteiger partial charge >= 0.3 is 0 Å². The molecule has 0 amide bonds. The van der Waals surface area contributed by atoms with Crippen LogP contribution in [-0.4, -0.2) is 16.1 Å². The smallest absolute Gasteiger partial charge is 0.271 e. The largest absolute Gasteiger partial charge is 0.480 e. The normalized spacial score (nSPS) is 9.95. The van der Waals surface area contributed by atoms with Crippen LogP contribution in [0.4, 0.5) is 5.69 Å². The van der Waals surface area contributed by atoms with Gasteiger partial charge in [0.1, 0.15) is 12.4 Å². The van der Waals surface area contributed by atoms with Gasteiger partial charge < -0.3 is 9.30 Å². The van der Waals surface area contributed by atoms with Crippen LogP contribution in [0.25, 0.3) is 10.9 Å². The topological polar surface area (TPSA) is 74.4 Å². The number of rotatable bonds is 4. The fourth-order valence-electron chi connectivity index (χ4n) is 2.21. The molecule has 0 N–H and O–H groups in total. The van der Waals surface area contributed by atoms with Crippen molar-refractivity contribution in [3.63, 3.8) is 0 Å². The Morgan fingerprint density at radius 2 is 2.09 bits per heavy atom. The summed E-state index contributed by atoms with van der Waals surface area (Å²) in [5, 5.41) is 11.5. The predicted molar refractivity (Wildman–Crippen MR) is 82.7 cm³/mol. The van der Waals surface area contributed by atoms with Crippen molar-refractivity contribution in [2.24, 2.45) is 7.05 Å². The second-order valence-electron chi connectivity index (χ2n) is 4.50. The summed E-state index contributed by atoms with van der Waals surface area (Å²) >= 11 is 0. The number of benzene rings is 1. The second kappa shape index (κ2) is 6.02. The first-order valence-corrected chi connectivity index (χ1v) is 6.31. The molecule has 0 aliphatic carbocycles. The van der Waals surface area contributed by atoms with Crippen LogP contribution in [0.15, 0.2) is 23.0 Å². The van der Waals surface area contributed by atoms with E-state index in [0.717, 1.165) is 0 Å². The fraction of sp³-hybridized carbons (Fsp3) is 0.188. The Labute approximate surface area is 126 Å². The zero-order valence-electron chi connectivity index (χ0n) is 11.8. The van der Waals surface area contributed by atoms with Crippen molar-refractivity contribution in [3.8, 4) is 30.4 Å². The highest BCUT2D eigenvalue weighted by Gasteiger charge is 2.18. The SMILES string of the molecule is C#CCOc1c(CC#C)c(=O)n(C)c2cc([N+](=O)[O-])ccc12. The first kappa shape index (κ1) is 15.1. The molecule has 0 atom stereocenters. The minimum Gasteiger partial charge on any atom is -0.480 e. The average molecular weight is 296 g/mol. The lowest BCUT2D eigenvalue weighted by atomic mass is 10.1. The molecule has 0 radical (unpaired) electrons. The second-order valence-corrected chi connectivity index (χ2v) is 4.50. The Bertz CT molecular complexity index is 897. The minimum absolute atomic E-state index is 0.0309. The molecule has 0 spiro atoms. The van der Waals surface area contributed by atoms with Crippen LogP contribution in [-0.2, 0) is 13.5 Å². The van der Waals surface area contributed by atoms with Crippen LogP contribution < -0.4 is 10.3 Å². The van der Waals surface area contributed by atoms with Gasteiger partial charge in [0.2, 0.25) is 0 Å². The number of terminal acetylenes is 2. The molecule has 0 fully saturated rings. The number of nitro groups is 1. The lowest BCUT2D eigenvalue weighted by molar-refractivity contribution is -0.384. The number of aryl methyl sites for hydroxylation is 1. The number of nitro benzene ring substituents is 1. The summed E-state index contributed by atoms with van der Waals surface area (Å²) in [5.41, 5.74) is 0.210. The molecule has 2 rings (SSSR count). The highest BCUT2D eigenvalue weighted by atomic mass is 16.6. The summed E-state index contributed by atoms with van der Waals surface area (Å²) in [5.74, 6) is 5.01. The number of pyridine rings is 1. The average Bonchev–Trinajstić information content (AvgIpc) is 2.51. The molecule has 0 saturated heterocycles. The maximum absolute atomic E-state index is 12.4. The predicted octanol–water partition coefficient (Wildman–Crippen LogP) is 1.63. The van der Waals surface area contributed by atoms with Crippen molar-refractivity contribution in [2.45, 2.75) is 6.42 Å².